The molecule has 0 bridgehead atoms. The third-order valence-corrected chi connectivity index (χ3v) is 5.20. The smallest absolute Gasteiger partial charge is 0.00241 e. The van der Waals surface area contributed by atoms with Gasteiger partial charge in [0.1, 0.15) is 0 Å². The Labute approximate surface area is 167 Å². The van der Waals surface area contributed by atoms with E-state index in [-0.39, 0.29) is 0 Å². The summed E-state index contributed by atoms with van der Waals surface area (Å²) in [6.45, 7) is 4.39. The van der Waals surface area contributed by atoms with Gasteiger partial charge in [0.25, 0.3) is 0 Å². The van der Waals surface area contributed by atoms with Crippen LogP contribution in [0.2, 0.25) is 0 Å². The Kier molecular flexibility index (Phi) is 5.21. The SMILES string of the molecule is Cc1ccccc1C(=C(c1ccccc1)c1ccccc1C)c1ccccc1. The second-order valence-corrected chi connectivity index (χ2v) is 7.11. The first-order valence-corrected chi connectivity index (χ1v) is 9.73. The molecule has 0 radical (unpaired) electrons. The highest BCUT2D eigenvalue weighted by Crippen LogP contribution is 2.38. The van der Waals surface area contributed by atoms with E-state index in [2.05, 4.69) is 123 Å². The highest BCUT2D eigenvalue weighted by atomic mass is 14.2. The first-order chi connectivity index (χ1) is 13.8. The average Bonchev–Trinajstić information content (AvgIpc) is 2.75. The summed E-state index contributed by atoms with van der Waals surface area (Å²) in [5.41, 5.74) is 10.1. The summed E-state index contributed by atoms with van der Waals surface area (Å²) in [6.07, 6.45) is 0. The van der Waals surface area contributed by atoms with Gasteiger partial charge in [0.15, 0.2) is 0 Å². The van der Waals surface area contributed by atoms with Gasteiger partial charge >= 0.3 is 0 Å². The molecule has 0 amide bonds. The lowest BCUT2D eigenvalue weighted by Gasteiger charge is -2.20. The first kappa shape index (κ1) is 18.0. The van der Waals surface area contributed by atoms with Crippen LogP contribution in [0.15, 0.2) is 109 Å². The summed E-state index contributed by atoms with van der Waals surface area (Å²) < 4.78 is 0. The van der Waals surface area contributed by atoms with Crippen LogP contribution in [-0.2, 0) is 0 Å². The van der Waals surface area contributed by atoms with Gasteiger partial charge in [0.05, 0.1) is 0 Å². The summed E-state index contributed by atoms with van der Waals surface area (Å²) in [6, 6.07) is 38.8. The summed E-state index contributed by atoms with van der Waals surface area (Å²) in [5.74, 6) is 0. The van der Waals surface area contributed by atoms with E-state index in [9.17, 15) is 0 Å². The van der Waals surface area contributed by atoms with Crippen LogP contribution in [0, 0.1) is 13.8 Å². The molecule has 4 aromatic rings. The largest absolute Gasteiger partial charge is 0.0622 e. The Bertz CT molecular complexity index is 1010. The van der Waals surface area contributed by atoms with Gasteiger partial charge in [-0.2, -0.15) is 0 Å². The molecule has 0 aliphatic rings. The van der Waals surface area contributed by atoms with Gasteiger partial charge in [-0.15, -0.1) is 0 Å². The molecule has 0 heterocycles. The van der Waals surface area contributed by atoms with E-state index >= 15 is 0 Å². The molecule has 0 saturated carbocycles. The van der Waals surface area contributed by atoms with Gasteiger partial charge in [-0.3, -0.25) is 0 Å². The van der Waals surface area contributed by atoms with E-state index in [1.807, 2.05) is 0 Å². The monoisotopic (exact) mass is 360 g/mol. The second kappa shape index (κ2) is 8.10. The summed E-state index contributed by atoms with van der Waals surface area (Å²) in [7, 11) is 0. The Morgan fingerprint density at radius 3 is 1.07 bits per heavy atom. The van der Waals surface area contributed by atoms with Gasteiger partial charge in [-0.1, -0.05) is 109 Å². The normalized spacial score (nSPS) is 11.8. The van der Waals surface area contributed by atoms with Crippen molar-refractivity contribution in [2.75, 3.05) is 0 Å². The van der Waals surface area contributed by atoms with Crippen LogP contribution in [0.1, 0.15) is 33.4 Å². The van der Waals surface area contributed by atoms with Crippen molar-refractivity contribution in [3.63, 3.8) is 0 Å². The minimum absolute atomic E-state index is 1.24. The summed E-state index contributed by atoms with van der Waals surface area (Å²) in [4.78, 5) is 0. The van der Waals surface area contributed by atoms with E-state index < -0.39 is 0 Å². The van der Waals surface area contributed by atoms with E-state index in [0.29, 0.717) is 0 Å². The molecular formula is C28H24. The van der Waals surface area contributed by atoms with Gasteiger partial charge < -0.3 is 0 Å². The van der Waals surface area contributed by atoms with E-state index in [1.165, 1.54) is 44.5 Å². The van der Waals surface area contributed by atoms with Gasteiger partial charge in [0, 0.05) is 0 Å². The molecule has 136 valence electrons. The van der Waals surface area contributed by atoms with E-state index in [0.717, 1.165) is 0 Å². The first-order valence-electron chi connectivity index (χ1n) is 9.73. The molecule has 0 spiro atoms. The summed E-state index contributed by atoms with van der Waals surface area (Å²) >= 11 is 0. The second-order valence-electron chi connectivity index (χ2n) is 7.11. The van der Waals surface area contributed by atoms with Crippen molar-refractivity contribution in [3.8, 4) is 0 Å². The molecule has 0 N–H and O–H groups in total. The minimum Gasteiger partial charge on any atom is -0.0622 e. The molecule has 0 atom stereocenters. The predicted octanol–water partition coefficient (Wildman–Crippen LogP) is 7.31. The van der Waals surface area contributed by atoms with Crippen molar-refractivity contribution in [1.82, 2.24) is 0 Å². The molecule has 4 rings (SSSR count). The van der Waals surface area contributed by atoms with E-state index in [4.69, 9.17) is 0 Å². The molecule has 0 aliphatic carbocycles. The van der Waals surface area contributed by atoms with Crippen molar-refractivity contribution in [3.05, 3.63) is 143 Å². The topological polar surface area (TPSA) is 0 Å². The molecule has 0 unspecified atom stereocenters. The van der Waals surface area contributed by atoms with Crippen LogP contribution in [0.25, 0.3) is 11.1 Å². The Morgan fingerprint density at radius 2 is 0.714 bits per heavy atom. The molecule has 0 heteroatoms. The molecule has 0 aromatic heterocycles. The fourth-order valence-electron chi connectivity index (χ4n) is 3.79. The van der Waals surface area contributed by atoms with Crippen LogP contribution >= 0.6 is 0 Å². The zero-order valence-electron chi connectivity index (χ0n) is 16.4. The number of benzene rings is 4. The molecular weight excluding hydrogens is 336 g/mol. The average molecular weight is 361 g/mol. The maximum absolute atomic E-state index is 2.24. The Hall–Kier alpha value is -3.38. The highest BCUT2D eigenvalue weighted by Gasteiger charge is 2.18. The lowest BCUT2D eigenvalue weighted by molar-refractivity contribution is 1.38. The zero-order chi connectivity index (χ0) is 19.3. The Morgan fingerprint density at radius 1 is 0.393 bits per heavy atom. The molecule has 4 aromatic carbocycles. The molecule has 0 fully saturated rings. The van der Waals surface area contributed by atoms with Crippen LogP contribution in [0.5, 0.6) is 0 Å². The standard InChI is InChI=1S/C28H24/c1-21-13-9-11-19-25(21)27(23-15-5-3-6-16-23)28(24-17-7-4-8-18-24)26-20-12-10-14-22(26)2/h3-20H,1-2H3. The van der Waals surface area contributed by atoms with Crippen LogP contribution in [0.3, 0.4) is 0 Å². The van der Waals surface area contributed by atoms with Gasteiger partial charge in [0.2, 0.25) is 0 Å². The Balaban J connectivity index is 2.16. The number of rotatable bonds is 4. The number of aryl methyl sites for hydroxylation is 2. The van der Waals surface area contributed by atoms with Crippen LogP contribution < -0.4 is 0 Å². The molecule has 28 heavy (non-hydrogen) atoms. The van der Waals surface area contributed by atoms with Crippen molar-refractivity contribution >= 4 is 11.1 Å². The van der Waals surface area contributed by atoms with Crippen molar-refractivity contribution < 1.29 is 0 Å². The van der Waals surface area contributed by atoms with E-state index in [1.54, 1.807) is 0 Å². The highest BCUT2D eigenvalue weighted by molar-refractivity contribution is 6.05. The lowest BCUT2D eigenvalue weighted by atomic mass is 9.83. The molecule has 0 nitrogen and oxygen atoms in total. The minimum atomic E-state index is 1.24. The quantitative estimate of drug-likeness (QED) is 0.335. The predicted molar refractivity (Wildman–Crippen MR) is 120 cm³/mol. The fraction of sp³-hybridized carbons (Fsp3) is 0.0714. The zero-order valence-corrected chi connectivity index (χ0v) is 16.4. The van der Waals surface area contributed by atoms with Crippen molar-refractivity contribution in [1.29, 1.82) is 0 Å². The summed E-state index contributed by atoms with van der Waals surface area (Å²) in [5, 5.41) is 0. The number of hydrogen-bond donors (Lipinski definition) is 0. The molecule has 0 saturated heterocycles. The third-order valence-electron chi connectivity index (χ3n) is 5.20. The maximum Gasteiger partial charge on any atom is -0.00241 e. The molecule has 0 aliphatic heterocycles. The maximum atomic E-state index is 2.24. The van der Waals surface area contributed by atoms with Crippen molar-refractivity contribution in [2.45, 2.75) is 13.8 Å². The van der Waals surface area contributed by atoms with Crippen LogP contribution in [0.4, 0.5) is 0 Å². The fourth-order valence-corrected chi connectivity index (χ4v) is 3.79. The van der Waals surface area contributed by atoms with Crippen LogP contribution in [-0.4, -0.2) is 0 Å². The third kappa shape index (κ3) is 3.54. The number of hydrogen-bond acceptors (Lipinski definition) is 0. The van der Waals surface area contributed by atoms with Gasteiger partial charge in [-0.05, 0) is 58.4 Å². The van der Waals surface area contributed by atoms with Crippen molar-refractivity contribution in [2.24, 2.45) is 0 Å². The van der Waals surface area contributed by atoms with Gasteiger partial charge in [-0.25, -0.2) is 0 Å². The lowest BCUT2D eigenvalue weighted by Crippen LogP contribution is -2.00.